The lowest BCUT2D eigenvalue weighted by molar-refractivity contribution is 0.908. The largest absolute Gasteiger partial charge is 0.296 e. The van der Waals surface area contributed by atoms with E-state index < -0.39 is 242 Å². The zero-order valence-electron chi connectivity index (χ0n) is 51.4. The van der Waals surface area contributed by atoms with E-state index in [2.05, 4.69) is 4.98 Å². The summed E-state index contributed by atoms with van der Waals surface area (Å²) < 4.78 is 264. The molecule has 1 heterocycles. The Balaban J connectivity index is 1.64. The quantitative estimate of drug-likeness (QED) is 0.185. The van der Waals surface area contributed by atoms with Crippen LogP contribution in [-0.4, -0.2) is 9.55 Å². The van der Waals surface area contributed by atoms with Gasteiger partial charge in [-0.05, 0) is 79.1 Å². The molecule has 2 heteroatoms. The molecule has 0 radical (unpaired) electrons. The summed E-state index contributed by atoms with van der Waals surface area (Å²) in [4.78, 5) is 3.94. The van der Waals surface area contributed by atoms with Crippen molar-refractivity contribution in [1.29, 1.82) is 0 Å². The van der Waals surface area contributed by atoms with Crippen molar-refractivity contribution in [2.24, 2.45) is 0 Å². The molecule has 2 nitrogen and oxygen atoms in total. The van der Waals surface area contributed by atoms with Gasteiger partial charge in [0.05, 0.1) is 45.3 Å². The van der Waals surface area contributed by atoms with Crippen LogP contribution in [0.4, 0.5) is 0 Å². The number of imidazole rings is 1. The first-order chi connectivity index (χ1) is 33.6. The van der Waals surface area contributed by atoms with E-state index in [1.165, 1.54) is 0 Å². The van der Waals surface area contributed by atoms with E-state index in [4.69, 9.17) is 27.4 Å². The summed E-state index contributed by atoms with van der Waals surface area (Å²) >= 11 is 0. The second-order valence-electron chi connectivity index (χ2n) is 8.82. The van der Waals surface area contributed by atoms with Crippen LogP contribution in [0.5, 0.6) is 0 Å². The molecule has 0 aliphatic rings. The van der Waals surface area contributed by atoms with Crippen molar-refractivity contribution in [2.45, 2.75) is 13.2 Å². The van der Waals surface area contributed by atoms with E-state index in [9.17, 15) is 13.7 Å². The number of rotatable bonds is 5. The predicted molar refractivity (Wildman–Crippen MR) is 182 cm³/mol. The molecule has 0 atom stereocenters. The number of para-hydroxylation sites is 2. The summed E-state index contributed by atoms with van der Waals surface area (Å²) in [6, 6.07) is -26.0. The molecule has 0 fully saturated rings. The molecule has 43 heavy (non-hydrogen) atoms. The fraction of sp³-hybridized carbons (Fsp3) is 0.0488. The van der Waals surface area contributed by atoms with E-state index in [1.54, 1.807) is 0 Å². The molecule has 0 bridgehead atoms. The van der Waals surface area contributed by atoms with Gasteiger partial charge in [0, 0.05) is 18.9 Å². The average Bonchev–Trinajstić information content (AvgIpc) is 3.74. The highest BCUT2D eigenvalue weighted by Crippen LogP contribution is 2.44. The molecule has 0 amide bonds. The molecule has 0 aliphatic heterocycles. The molecule has 8 aromatic rings. The molecule has 0 N–H and O–H groups in total. The fourth-order valence-electron chi connectivity index (χ4n) is 4.71. The molecule has 204 valence electrons. The van der Waals surface area contributed by atoms with E-state index in [0.717, 1.165) is 0 Å². The molecule has 1 aromatic heterocycles. The summed E-state index contributed by atoms with van der Waals surface area (Å²) in [6.07, 6.45) is -3.59. The van der Waals surface area contributed by atoms with Crippen LogP contribution in [0.3, 0.4) is 0 Å². The van der Waals surface area contributed by atoms with Gasteiger partial charge in [0.2, 0.25) is 0 Å². The van der Waals surface area contributed by atoms with Crippen LogP contribution in [0.2, 0.25) is 0 Å². The zero-order chi connectivity index (χ0) is 54.8. The Bertz CT molecular complexity index is 3700. The SMILES string of the molecule is [2H]c1c([2H])c([2H])c(-c2c([2H])c([2H])c(-c3c4c([2H])c([2H])c([2H])c([2H])c4c(-c4c([2H])c([2H])c(-n5c(C([2H])([2H])C([2H])([2H])[2H])nc6c([2H])c([2H])c([2H])c([2H])c65)c([2H])c4[2H])c4c([2H])c([2H])c([2H])c([2H])c34)c([2H])c2[2H])c([2H])c1[2H]. The second-order valence-corrected chi connectivity index (χ2v) is 8.82. The Hall–Kier alpha value is -5.47. The molecule has 0 aliphatic carbocycles. The van der Waals surface area contributed by atoms with Gasteiger partial charge in [-0.3, -0.25) is 4.57 Å². The van der Waals surface area contributed by atoms with Gasteiger partial charge in [0.1, 0.15) is 5.82 Å². The lowest BCUT2D eigenvalue weighted by Gasteiger charge is -2.18. The molecule has 8 rings (SSSR count). The first-order valence-corrected chi connectivity index (χ1v) is 12.4. The van der Waals surface area contributed by atoms with Crippen molar-refractivity contribution in [1.82, 2.24) is 9.55 Å². The number of fused-ring (bicyclic) bond motifs is 3. The number of aryl methyl sites for hydroxylation is 1. The van der Waals surface area contributed by atoms with Gasteiger partial charge in [0.15, 0.2) is 0 Å². The van der Waals surface area contributed by atoms with Crippen LogP contribution in [0, 0.1) is 0 Å². The Kier molecular flexibility index (Phi) is 2.18. The minimum Gasteiger partial charge on any atom is -0.296 e. The maximum Gasteiger partial charge on any atom is 0.114 e. The Labute approximate surface area is 293 Å². The summed E-state index contributed by atoms with van der Waals surface area (Å²) in [5.41, 5.74) is -7.69. The monoisotopic (exact) mass is 580 g/mol. The highest BCUT2D eigenvalue weighted by molar-refractivity contribution is 6.21. The van der Waals surface area contributed by atoms with Crippen molar-refractivity contribution in [2.75, 3.05) is 0 Å². The van der Waals surface area contributed by atoms with E-state index in [1.807, 2.05) is 0 Å². The number of hydrogen-bond donors (Lipinski definition) is 0. The lowest BCUT2D eigenvalue weighted by Crippen LogP contribution is -2.00. The van der Waals surface area contributed by atoms with Gasteiger partial charge in [-0.25, -0.2) is 4.98 Å². The fourth-order valence-corrected chi connectivity index (χ4v) is 4.71. The Morgan fingerprint density at radius 2 is 1.00 bits per heavy atom. The zero-order valence-corrected chi connectivity index (χ0v) is 21.4. The number of benzene rings is 7. The van der Waals surface area contributed by atoms with Crippen LogP contribution in [0.25, 0.3) is 71.6 Å². The van der Waals surface area contributed by atoms with Crippen molar-refractivity contribution >= 4 is 32.6 Å². The Morgan fingerprint density at radius 1 is 0.535 bits per heavy atom. The third-order valence-electron chi connectivity index (χ3n) is 6.50. The molecule has 7 aromatic carbocycles. The third-order valence-corrected chi connectivity index (χ3v) is 6.50. The van der Waals surface area contributed by atoms with E-state index >= 15 is 0 Å². The molecular formula is C41H30N2. The standard InChI is InChI=1S/C41H30N2/c1-2-39-42-37-18-10-11-19-38(37)43(39)32-26-24-31(25-27-32)41-35-16-8-6-14-33(35)40(34-15-7-9-17-36(34)41)30-22-20-29(21-23-30)28-12-4-3-5-13-28/h3-27H,2H2,1H3/i1D3,2D2,3D,4D,5D,6D,7D,8D,9D,10D,11D,12D,13D,14D,15D,16D,17D,18D,19D,20D,21D,22D,23D,24D,25D,26D,27D. The van der Waals surface area contributed by atoms with Gasteiger partial charge in [0.25, 0.3) is 0 Å². The van der Waals surface area contributed by atoms with Crippen molar-refractivity contribution in [3.63, 3.8) is 0 Å². The number of aromatic nitrogens is 2. The third kappa shape index (κ3) is 4.23. The highest BCUT2D eigenvalue weighted by Gasteiger charge is 2.17. The topological polar surface area (TPSA) is 17.8 Å². The van der Waals surface area contributed by atoms with Gasteiger partial charge in [-0.2, -0.15) is 0 Å². The van der Waals surface area contributed by atoms with Crippen molar-refractivity contribution in [3.05, 3.63) is 157 Å². The van der Waals surface area contributed by atoms with Gasteiger partial charge in [-0.1, -0.05) is 134 Å². The first kappa shape index (κ1) is 9.02. The summed E-state index contributed by atoms with van der Waals surface area (Å²) in [5, 5.41) is -3.30. The van der Waals surface area contributed by atoms with Crippen LogP contribution in [0.1, 0.15) is 53.8 Å². The Morgan fingerprint density at radius 3 is 1.58 bits per heavy atom. The first-order valence-electron chi connectivity index (χ1n) is 27.4. The highest BCUT2D eigenvalue weighted by atomic mass is 15.1. The molecule has 0 saturated heterocycles. The maximum atomic E-state index is 9.52. The summed E-state index contributed by atoms with van der Waals surface area (Å²) in [7, 11) is 0. The van der Waals surface area contributed by atoms with Crippen molar-refractivity contribution in [3.8, 4) is 39.1 Å². The predicted octanol–water partition coefficient (Wildman–Crippen LogP) is 10.9. The molecule has 0 saturated carbocycles. The van der Waals surface area contributed by atoms with Crippen LogP contribution < -0.4 is 0 Å². The number of hydrogen-bond acceptors (Lipinski definition) is 1. The van der Waals surface area contributed by atoms with Crippen molar-refractivity contribution < 1.29 is 41.1 Å². The number of nitrogens with zero attached hydrogens (tertiary/aromatic N) is 2. The molecule has 0 spiro atoms. The van der Waals surface area contributed by atoms with E-state index in [0.29, 0.717) is 4.57 Å². The van der Waals surface area contributed by atoms with Gasteiger partial charge >= 0.3 is 0 Å². The molecular weight excluding hydrogens is 520 g/mol. The van der Waals surface area contributed by atoms with E-state index in [-0.39, 0.29) is 0 Å². The summed E-state index contributed by atoms with van der Waals surface area (Å²) in [5.74, 6) is -1.22. The van der Waals surface area contributed by atoms with Gasteiger partial charge < -0.3 is 0 Å². The normalized spacial score (nSPS) is 22.0. The average molecular weight is 581 g/mol. The van der Waals surface area contributed by atoms with Crippen LogP contribution in [-0.2, 0) is 6.37 Å². The second kappa shape index (κ2) is 10.4. The summed E-state index contributed by atoms with van der Waals surface area (Å²) in [6.45, 7) is -3.63. The maximum absolute atomic E-state index is 9.52. The van der Waals surface area contributed by atoms with Gasteiger partial charge in [-0.15, -0.1) is 0 Å². The smallest absolute Gasteiger partial charge is 0.114 e. The van der Waals surface area contributed by atoms with Crippen LogP contribution in [0.15, 0.2) is 151 Å². The molecule has 0 unspecified atom stereocenters. The van der Waals surface area contributed by atoms with Crippen LogP contribution >= 0.6 is 0 Å². The lowest BCUT2D eigenvalue weighted by atomic mass is 9.85. The minimum absolute atomic E-state index is 0.387. The minimum atomic E-state index is -3.63.